The van der Waals surface area contributed by atoms with E-state index in [1.165, 1.54) is 11.1 Å². The van der Waals surface area contributed by atoms with Crippen molar-refractivity contribution in [3.8, 4) is 28.3 Å². The smallest absolute Gasteiger partial charge is 0.258 e. The maximum absolute atomic E-state index is 14.2. The van der Waals surface area contributed by atoms with Gasteiger partial charge in [0.15, 0.2) is 0 Å². The van der Waals surface area contributed by atoms with Crippen molar-refractivity contribution in [2.45, 2.75) is 44.9 Å². The van der Waals surface area contributed by atoms with Crippen LogP contribution < -0.4 is 9.64 Å². The van der Waals surface area contributed by atoms with E-state index in [1.807, 2.05) is 29.2 Å². The first-order valence-corrected chi connectivity index (χ1v) is 15.6. The predicted molar refractivity (Wildman–Crippen MR) is 172 cm³/mol. The van der Waals surface area contributed by atoms with E-state index in [4.69, 9.17) is 9.15 Å². The first-order chi connectivity index (χ1) is 21.4. The minimum atomic E-state index is 0.0575. The molecule has 0 unspecified atom stereocenters. The molecular weight excluding hydrogens is 548 g/mol. The molecule has 44 heavy (non-hydrogen) atoms. The third-order valence-electron chi connectivity index (χ3n) is 10.0. The second kappa shape index (κ2) is 10.3. The molecule has 0 saturated carbocycles. The average Bonchev–Trinajstić information content (AvgIpc) is 3.63. The molecule has 8 rings (SSSR count). The summed E-state index contributed by atoms with van der Waals surface area (Å²) in [6.07, 6.45) is 4.10. The average molecular weight is 585 g/mol. The van der Waals surface area contributed by atoms with Crippen LogP contribution in [-0.4, -0.2) is 54.3 Å². The molecule has 1 saturated heterocycles. The van der Waals surface area contributed by atoms with E-state index >= 15 is 0 Å². The Labute approximate surface area is 257 Å². The molecule has 7 nitrogen and oxygen atoms in total. The Hall–Kier alpha value is -4.49. The summed E-state index contributed by atoms with van der Waals surface area (Å²) >= 11 is 0. The van der Waals surface area contributed by atoms with E-state index in [9.17, 15) is 4.79 Å². The lowest BCUT2D eigenvalue weighted by Crippen LogP contribution is -2.42. The normalized spacial score (nSPS) is 17.5. The number of hydrogen-bond donors (Lipinski definition) is 0. The number of aromatic nitrogens is 2. The monoisotopic (exact) mass is 584 g/mol. The van der Waals surface area contributed by atoms with Crippen molar-refractivity contribution < 1.29 is 13.9 Å². The van der Waals surface area contributed by atoms with Gasteiger partial charge in [0, 0.05) is 41.3 Å². The van der Waals surface area contributed by atoms with Crippen LogP contribution in [0.2, 0.25) is 0 Å². The highest BCUT2D eigenvalue weighted by molar-refractivity contribution is 6.08. The van der Waals surface area contributed by atoms with E-state index in [0.29, 0.717) is 17.3 Å². The molecule has 3 aliphatic heterocycles. The van der Waals surface area contributed by atoms with Crippen molar-refractivity contribution in [1.29, 1.82) is 0 Å². The van der Waals surface area contributed by atoms with Crippen LogP contribution in [-0.2, 0) is 11.8 Å². The first-order valence-electron chi connectivity index (χ1n) is 15.6. The summed E-state index contributed by atoms with van der Waals surface area (Å²) in [6.45, 7) is 7.51. The Morgan fingerprint density at radius 1 is 0.864 bits per heavy atom. The van der Waals surface area contributed by atoms with Gasteiger partial charge in [0.25, 0.3) is 5.91 Å². The van der Waals surface area contributed by atoms with Crippen LogP contribution >= 0.6 is 0 Å². The number of piperidine rings is 1. The standard InChI is InChI=1S/C37H36N4O3/c1-23-19-26(12-13-27(23)28-8-4-10-30-29(28)9-5-11-31(30)35-39-38-24(2)44-35)36(42)41-16-6-7-25-20-34-32(21-33(25)41)37(22-43-34)14-17-40(3)18-15-37/h4-5,8-13,19-21H,6-7,14-18,22H2,1-3H3. The lowest BCUT2D eigenvalue weighted by atomic mass is 9.74. The molecule has 3 aliphatic rings. The van der Waals surface area contributed by atoms with Crippen LogP contribution in [0.5, 0.6) is 5.75 Å². The van der Waals surface area contributed by atoms with Gasteiger partial charge in [0.2, 0.25) is 11.8 Å². The lowest BCUT2D eigenvalue weighted by Gasteiger charge is -2.37. The van der Waals surface area contributed by atoms with Gasteiger partial charge in [-0.05, 0) is 116 Å². The van der Waals surface area contributed by atoms with Crippen molar-refractivity contribution in [3.63, 3.8) is 0 Å². The summed E-state index contributed by atoms with van der Waals surface area (Å²) in [5.74, 6) is 2.14. The molecule has 0 atom stereocenters. The largest absolute Gasteiger partial charge is 0.492 e. The number of carbonyl (C=O) groups excluding carboxylic acids is 1. The minimum Gasteiger partial charge on any atom is -0.492 e. The highest BCUT2D eigenvalue weighted by atomic mass is 16.5. The van der Waals surface area contributed by atoms with Crippen LogP contribution in [0.4, 0.5) is 5.69 Å². The Kier molecular flexibility index (Phi) is 6.34. The number of amides is 1. The Bertz CT molecular complexity index is 1940. The van der Waals surface area contributed by atoms with Crippen LogP contribution in [0, 0.1) is 13.8 Å². The van der Waals surface area contributed by atoms with Crippen molar-refractivity contribution in [3.05, 3.63) is 94.9 Å². The number of benzene rings is 4. The van der Waals surface area contributed by atoms with Crippen molar-refractivity contribution >= 4 is 22.4 Å². The van der Waals surface area contributed by atoms with Crippen molar-refractivity contribution in [1.82, 2.24) is 15.1 Å². The number of likely N-dealkylation sites (tertiary alicyclic amines) is 1. The van der Waals surface area contributed by atoms with Crippen molar-refractivity contribution in [2.24, 2.45) is 0 Å². The zero-order valence-electron chi connectivity index (χ0n) is 25.5. The van der Waals surface area contributed by atoms with E-state index in [2.05, 4.69) is 71.5 Å². The van der Waals surface area contributed by atoms with Gasteiger partial charge in [-0.1, -0.05) is 36.4 Å². The number of nitrogens with zero attached hydrogens (tertiary/aromatic N) is 4. The Morgan fingerprint density at radius 3 is 2.39 bits per heavy atom. The van der Waals surface area contributed by atoms with Crippen LogP contribution in [0.3, 0.4) is 0 Å². The maximum atomic E-state index is 14.2. The lowest BCUT2D eigenvalue weighted by molar-refractivity contribution is 0.0985. The molecular formula is C37H36N4O3. The highest BCUT2D eigenvalue weighted by Gasteiger charge is 2.43. The number of fused-ring (bicyclic) bond motifs is 4. The van der Waals surface area contributed by atoms with Gasteiger partial charge in [0.05, 0.1) is 6.61 Å². The highest BCUT2D eigenvalue weighted by Crippen LogP contribution is 2.48. The molecule has 5 aromatic rings. The first kappa shape index (κ1) is 27.1. The maximum Gasteiger partial charge on any atom is 0.258 e. The molecule has 4 heterocycles. The van der Waals surface area contributed by atoms with Gasteiger partial charge in [-0.3, -0.25) is 4.79 Å². The molecule has 1 spiro atoms. The van der Waals surface area contributed by atoms with Gasteiger partial charge in [-0.15, -0.1) is 10.2 Å². The summed E-state index contributed by atoms with van der Waals surface area (Å²) in [7, 11) is 2.19. The summed E-state index contributed by atoms with van der Waals surface area (Å²) in [4.78, 5) is 18.6. The molecule has 1 amide bonds. The number of hydrogen-bond acceptors (Lipinski definition) is 6. The Balaban J connectivity index is 1.13. The minimum absolute atomic E-state index is 0.0575. The van der Waals surface area contributed by atoms with Crippen LogP contribution in [0.25, 0.3) is 33.4 Å². The van der Waals surface area contributed by atoms with Gasteiger partial charge in [-0.25, -0.2) is 0 Å². The number of ether oxygens (including phenoxy) is 1. The van der Waals surface area contributed by atoms with Gasteiger partial charge in [-0.2, -0.15) is 0 Å². The summed E-state index contributed by atoms with van der Waals surface area (Å²) in [5, 5.41) is 10.4. The van der Waals surface area contributed by atoms with Gasteiger partial charge < -0.3 is 19.0 Å². The predicted octanol–water partition coefficient (Wildman–Crippen LogP) is 7.12. The molecule has 7 heteroatoms. The van der Waals surface area contributed by atoms with Gasteiger partial charge >= 0.3 is 0 Å². The molecule has 222 valence electrons. The third kappa shape index (κ3) is 4.33. The second-order valence-corrected chi connectivity index (χ2v) is 12.8. The third-order valence-corrected chi connectivity index (χ3v) is 10.0. The number of aryl methyl sites for hydroxylation is 3. The topological polar surface area (TPSA) is 71.7 Å². The summed E-state index contributed by atoms with van der Waals surface area (Å²) in [5.41, 5.74) is 8.52. The van der Waals surface area contributed by atoms with E-state index in [1.54, 1.807) is 6.92 Å². The van der Waals surface area contributed by atoms with Gasteiger partial charge in [0.1, 0.15) is 5.75 Å². The fourth-order valence-electron chi connectivity index (χ4n) is 7.50. The summed E-state index contributed by atoms with van der Waals surface area (Å²) in [6, 6.07) is 23.1. The SMILES string of the molecule is Cc1nnc(-c2cccc3c(-c4ccc(C(=O)N5CCCc6cc7c(cc65)C5(CCN(C)CC5)CO7)cc4C)cccc23)o1. The quantitative estimate of drug-likeness (QED) is 0.225. The molecule has 0 radical (unpaired) electrons. The van der Waals surface area contributed by atoms with Crippen molar-refractivity contribution in [2.75, 3.05) is 38.2 Å². The van der Waals surface area contributed by atoms with Crippen LogP contribution in [0.15, 0.2) is 71.1 Å². The zero-order chi connectivity index (χ0) is 30.0. The fraction of sp³-hybridized carbons (Fsp3) is 0.324. The van der Waals surface area contributed by atoms with E-state index in [0.717, 1.165) is 96.4 Å². The van der Waals surface area contributed by atoms with Crippen LogP contribution in [0.1, 0.15) is 52.2 Å². The number of rotatable bonds is 3. The Morgan fingerprint density at radius 2 is 1.64 bits per heavy atom. The zero-order valence-corrected chi connectivity index (χ0v) is 25.5. The molecule has 1 aromatic heterocycles. The number of carbonyl (C=O) groups is 1. The molecule has 4 aromatic carbocycles. The molecule has 0 bridgehead atoms. The van der Waals surface area contributed by atoms with E-state index in [-0.39, 0.29) is 11.3 Å². The molecule has 0 aliphatic carbocycles. The molecule has 1 fully saturated rings. The number of anilines is 1. The fourth-order valence-corrected chi connectivity index (χ4v) is 7.50. The van der Waals surface area contributed by atoms with E-state index < -0.39 is 0 Å². The molecule has 0 N–H and O–H groups in total. The second-order valence-electron chi connectivity index (χ2n) is 12.8. The summed E-state index contributed by atoms with van der Waals surface area (Å²) < 4.78 is 12.0.